The van der Waals surface area contributed by atoms with Crippen LogP contribution in [0.2, 0.25) is 0 Å². The second-order valence-corrected chi connectivity index (χ2v) is 8.25. The van der Waals surface area contributed by atoms with Gasteiger partial charge in [0, 0.05) is 38.0 Å². The highest BCUT2D eigenvalue weighted by Crippen LogP contribution is 2.46. The van der Waals surface area contributed by atoms with E-state index in [-0.39, 0.29) is 22.2 Å². The van der Waals surface area contributed by atoms with Gasteiger partial charge in [0.25, 0.3) is 0 Å². The van der Waals surface area contributed by atoms with E-state index in [1.807, 2.05) is 18.7 Å². The number of thioether (sulfide) groups is 1. The van der Waals surface area contributed by atoms with E-state index in [1.54, 1.807) is 15.5 Å². The Balaban J connectivity index is 1.78. The summed E-state index contributed by atoms with van der Waals surface area (Å²) in [4.78, 5) is 39.7. The molecule has 0 bridgehead atoms. The SMILES string of the molecule is CCC(=O)N1CCN(c2cc3c(cc2F)c(=O)c(C(=O)O)c2n3C(C)S2)CC1. The topological polar surface area (TPSA) is 82.8 Å². The van der Waals surface area contributed by atoms with E-state index >= 15 is 0 Å². The highest BCUT2D eigenvalue weighted by Gasteiger charge is 2.33. The van der Waals surface area contributed by atoms with Crippen LogP contribution in [-0.4, -0.2) is 52.6 Å². The van der Waals surface area contributed by atoms with Crippen LogP contribution in [-0.2, 0) is 4.79 Å². The fourth-order valence-corrected chi connectivity index (χ4v) is 5.04. The molecule has 1 unspecified atom stereocenters. The predicted molar refractivity (Wildman–Crippen MR) is 105 cm³/mol. The molecule has 7 nitrogen and oxygen atoms in total. The van der Waals surface area contributed by atoms with Crippen molar-refractivity contribution in [3.63, 3.8) is 0 Å². The number of halogens is 1. The Kier molecular flexibility index (Phi) is 4.57. The van der Waals surface area contributed by atoms with Crippen molar-refractivity contribution in [1.82, 2.24) is 9.47 Å². The van der Waals surface area contributed by atoms with Crippen molar-refractivity contribution >= 4 is 40.2 Å². The van der Waals surface area contributed by atoms with E-state index in [4.69, 9.17) is 0 Å². The van der Waals surface area contributed by atoms with Gasteiger partial charge >= 0.3 is 5.97 Å². The summed E-state index contributed by atoms with van der Waals surface area (Å²) in [6.07, 6.45) is 0.445. The van der Waals surface area contributed by atoms with Crippen molar-refractivity contribution in [2.75, 3.05) is 31.1 Å². The number of nitrogens with zero attached hydrogens (tertiary/aromatic N) is 3. The molecule has 1 atom stereocenters. The minimum Gasteiger partial charge on any atom is -0.477 e. The first kappa shape index (κ1) is 18.8. The Morgan fingerprint density at radius 3 is 2.50 bits per heavy atom. The zero-order valence-electron chi connectivity index (χ0n) is 15.6. The van der Waals surface area contributed by atoms with Gasteiger partial charge in [-0.15, -0.1) is 0 Å². The number of carbonyl (C=O) groups excluding carboxylic acids is 1. The van der Waals surface area contributed by atoms with Crippen LogP contribution < -0.4 is 10.3 Å². The van der Waals surface area contributed by atoms with Crippen LogP contribution in [0.1, 0.15) is 36.0 Å². The molecule has 3 heterocycles. The second-order valence-electron chi connectivity index (χ2n) is 6.94. The first-order chi connectivity index (χ1) is 13.3. The number of hydrogen-bond donors (Lipinski definition) is 1. The molecular formula is C19H20FN3O4S. The quantitative estimate of drug-likeness (QED) is 0.845. The Morgan fingerprint density at radius 2 is 1.93 bits per heavy atom. The highest BCUT2D eigenvalue weighted by atomic mass is 32.2. The highest BCUT2D eigenvalue weighted by molar-refractivity contribution is 8.00. The van der Waals surface area contributed by atoms with E-state index in [2.05, 4.69) is 0 Å². The third kappa shape index (κ3) is 2.76. The average molecular weight is 405 g/mol. The molecule has 2 aliphatic heterocycles. The van der Waals surface area contributed by atoms with E-state index in [0.29, 0.717) is 48.8 Å². The lowest BCUT2D eigenvalue weighted by molar-refractivity contribution is -0.131. The predicted octanol–water partition coefficient (Wildman–Crippen LogP) is 2.52. The van der Waals surface area contributed by atoms with Gasteiger partial charge in [0.2, 0.25) is 11.3 Å². The summed E-state index contributed by atoms with van der Waals surface area (Å²) < 4.78 is 16.6. The number of carbonyl (C=O) groups is 2. The first-order valence-corrected chi connectivity index (χ1v) is 10.1. The zero-order chi connectivity index (χ0) is 20.2. The molecule has 1 amide bonds. The number of benzene rings is 1. The summed E-state index contributed by atoms with van der Waals surface area (Å²) in [6, 6.07) is 2.78. The number of carboxylic acids is 1. The van der Waals surface area contributed by atoms with Gasteiger partial charge in [-0.2, -0.15) is 0 Å². The summed E-state index contributed by atoms with van der Waals surface area (Å²) >= 11 is 1.32. The van der Waals surface area contributed by atoms with Crippen LogP contribution >= 0.6 is 11.8 Å². The summed E-state index contributed by atoms with van der Waals surface area (Å²) in [6.45, 7) is 5.77. The monoisotopic (exact) mass is 405 g/mol. The van der Waals surface area contributed by atoms with Crippen LogP contribution in [0.5, 0.6) is 0 Å². The van der Waals surface area contributed by atoms with Gasteiger partial charge in [0.1, 0.15) is 11.4 Å². The van der Waals surface area contributed by atoms with Crippen LogP contribution in [0, 0.1) is 5.82 Å². The van der Waals surface area contributed by atoms with Gasteiger partial charge in [0.05, 0.1) is 21.6 Å². The molecule has 0 spiro atoms. The normalized spacial score (nSPS) is 18.8. The molecular weight excluding hydrogens is 385 g/mol. The third-order valence-electron chi connectivity index (χ3n) is 5.36. The Morgan fingerprint density at radius 1 is 1.25 bits per heavy atom. The molecule has 0 aliphatic carbocycles. The smallest absolute Gasteiger partial charge is 0.342 e. The number of hydrogen-bond acceptors (Lipinski definition) is 5. The number of rotatable bonds is 3. The molecule has 9 heteroatoms. The lowest BCUT2D eigenvalue weighted by Crippen LogP contribution is -2.48. The fraction of sp³-hybridized carbons (Fsp3) is 0.421. The lowest BCUT2D eigenvalue weighted by Gasteiger charge is -2.37. The van der Waals surface area contributed by atoms with Gasteiger partial charge in [-0.1, -0.05) is 18.7 Å². The molecule has 28 heavy (non-hydrogen) atoms. The molecule has 148 valence electrons. The molecule has 2 aliphatic rings. The van der Waals surface area contributed by atoms with E-state index < -0.39 is 17.2 Å². The van der Waals surface area contributed by atoms with Gasteiger partial charge < -0.3 is 19.5 Å². The zero-order valence-corrected chi connectivity index (χ0v) is 16.4. The summed E-state index contributed by atoms with van der Waals surface area (Å²) in [7, 11) is 0. The van der Waals surface area contributed by atoms with Crippen molar-refractivity contribution in [2.24, 2.45) is 0 Å². The molecule has 1 N–H and O–H groups in total. The minimum absolute atomic E-state index is 0.0338. The summed E-state index contributed by atoms with van der Waals surface area (Å²) in [5, 5.41) is 9.86. The van der Waals surface area contributed by atoms with E-state index in [0.717, 1.165) is 6.07 Å². The van der Waals surface area contributed by atoms with Gasteiger partial charge in [-0.25, -0.2) is 9.18 Å². The molecule has 0 radical (unpaired) electrons. The van der Waals surface area contributed by atoms with Crippen molar-refractivity contribution in [3.05, 3.63) is 33.7 Å². The molecule has 4 rings (SSSR count). The van der Waals surface area contributed by atoms with Gasteiger partial charge in [0.15, 0.2) is 0 Å². The van der Waals surface area contributed by atoms with Crippen molar-refractivity contribution < 1.29 is 19.1 Å². The van der Waals surface area contributed by atoms with Crippen molar-refractivity contribution in [3.8, 4) is 0 Å². The van der Waals surface area contributed by atoms with Crippen molar-refractivity contribution in [1.29, 1.82) is 0 Å². The number of aromatic carboxylic acids is 1. The number of pyridine rings is 1. The van der Waals surface area contributed by atoms with Crippen LogP contribution in [0.4, 0.5) is 10.1 Å². The Labute approximate surface area is 164 Å². The maximum absolute atomic E-state index is 14.9. The number of amides is 1. The molecule has 2 aromatic rings. The maximum atomic E-state index is 14.9. The first-order valence-electron chi connectivity index (χ1n) is 9.18. The number of fused-ring (bicyclic) bond motifs is 3. The lowest BCUT2D eigenvalue weighted by atomic mass is 10.1. The minimum atomic E-state index is -1.30. The van der Waals surface area contributed by atoms with E-state index in [9.17, 15) is 23.9 Å². The van der Waals surface area contributed by atoms with Gasteiger partial charge in [-0.05, 0) is 19.1 Å². The number of piperazine rings is 1. The van der Waals surface area contributed by atoms with Crippen LogP contribution in [0.15, 0.2) is 22.0 Å². The fourth-order valence-electron chi connectivity index (χ4n) is 3.89. The Bertz CT molecular complexity index is 1060. The molecule has 0 saturated carbocycles. The largest absolute Gasteiger partial charge is 0.477 e. The number of carboxylic acid groups (broad SMARTS) is 1. The molecule has 1 fully saturated rings. The molecule has 1 aromatic heterocycles. The summed E-state index contributed by atoms with van der Waals surface area (Å²) in [5.41, 5.74) is -0.0384. The standard InChI is InChI=1S/C19H20FN3O4S/c1-3-15(24)22-6-4-21(5-7-22)14-9-13-11(8-12(14)20)17(25)16(19(26)27)18-23(13)10(2)28-18/h8-10H,3-7H2,1-2H3,(H,26,27). The maximum Gasteiger partial charge on any atom is 0.342 e. The average Bonchev–Trinajstić information content (AvgIpc) is 2.67. The molecule has 1 aromatic carbocycles. The number of aromatic nitrogens is 1. The van der Waals surface area contributed by atoms with Crippen LogP contribution in [0.25, 0.3) is 10.9 Å². The second kappa shape index (κ2) is 6.80. The third-order valence-corrected chi connectivity index (χ3v) is 6.54. The van der Waals surface area contributed by atoms with Crippen LogP contribution in [0.3, 0.4) is 0 Å². The van der Waals surface area contributed by atoms with Crippen molar-refractivity contribution in [2.45, 2.75) is 30.7 Å². The summed E-state index contributed by atoms with van der Waals surface area (Å²) in [5.74, 6) is -1.77. The number of anilines is 1. The van der Waals surface area contributed by atoms with E-state index in [1.165, 1.54) is 11.8 Å². The molecule has 1 saturated heterocycles. The van der Waals surface area contributed by atoms with Gasteiger partial charge in [-0.3, -0.25) is 9.59 Å². The Hall–Kier alpha value is -2.55.